The van der Waals surface area contributed by atoms with Gasteiger partial charge in [0.05, 0.1) is 0 Å². The molecule has 0 unspecified atom stereocenters. The molecule has 0 saturated carbocycles. The summed E-state index contributed by atoms with van der Waals surface area (Å²) in [6.07, 6.45) is 0. The van der Waals surface area contributed by atoms with Gasteiger partial charge in [-0.15, -0.1) is 0 Å². The molecular formula is CH3B7IO. The molecule has 0 rings (SSSR count). The first-order valence-electron chi connectivity index (χ1n) is 2.86. The van der Waals surface area contributed by atoms with Gasteiger partial charge in [0.15, 0.2) is 0 Å². The molecular weight excluding hydrogens is 231 g/mol. The van der Waals surface area contributed by atoms with Gasteiger partial charge in [-0.05, 0) is 0 Å². The van der Waals surface area contributed by atoms with Gasteiger partial charge in [0.25, 0.3) is 0 Å². The molecule has 0 fully saturated rings. The first-order valence-corrected chi connectivity index (χ1v) is 4.11. The van der Waals surface area contributed by atoms with Crippen LogP contribution in [0.25, 0.3) is 0 Å². The van der Waals surface area contributed by atoms with Gasteiger partial charge in [0, 0.05) is 0 Å². The van der Waals surface area contributed by atoms with E-state index in [9.17, 15) is 0 Å². The molecule has 0 N–H and O–H groups in total. The molecule has 9 heteroatoms. The molecule has 10 heavy (non-hydrogen) atoms. The molecule has 0 aromatic rings. The van der Waals surface area contributed by atoms with Crippen molar-refractivity contribution in [2.75, 3.05) is 7.11 Å². The van der Waals surface area contributed by atoms with Crippen LogP contribution >= 0.6 is 22.4 Å². The molecule has 0 atom stereocenters. The van der Waals surface area contributed by atoms with Gasteiger partial charge >= 0.3 is 79.6 Å². The first kappa shape index (κ1) is 11.0. The predicted octanol–water partition coefficient (Wildman–Crippen LogP) is -1.68. The van der Waals surface area contributed by atoms with E-state index in [2.05, 4.69) is 27.0 Å². The SMILES string of the molecule is COB=BB=BB=B[B]I. The Balaban J connectivity index is 3.37. The molecule has 0 heterocycles. The zero-order chi connectivity index (χ0) is 7.66. The summed E-state index contributed by atoms with van der Waals surface area (Å²) in [5.41, 5.74) is 0. The van der Waals surface area contributed by atoms with Crippen molar-refractivity contribution in [3.8, 4) is 0 Å². The Morgan fingerprint density at radius 2 is 1.60 bits per heavy atom. The molecule has 41 valence electrons. The number of halogens is 1. The van der Waals surface area contributed by atoms with Crippen LogP contribution in [0.3, 0.4) is 0 Å². The van der Waals surface area contributed by atoms with Gasteiger partial charge in [-0.1, -0.05) is 0 Å². The third-order valence-corrected chi connectivity index (χ3v) is 1.15. The van der Waals surface area contributed by atoms with Crippen molar-refractivity contribution >= 4 is 67.9 Å². The van der Waals surface area contributed by atoms with E-state index < -0.39 is 0 Å². The van der Waals surface area contributed by atoms with Gasteiger partial charge < -0.3 is 0 Å². The van der Waals surface area contributed by atoms with E-state index in [1.165, 1.54) is 0 Å². The number of hydrogen-bond donors (Lipinski definition) is 0. The van der Waals surface area contributed by atoms with Gasteiger partial charge in [0.2, 0.25) is 0 Å². The van der Waals surface area contributed by atoms with E-state index in [1.807, 2.05) is 38.5 Å². The molecule has 0 bridgehead atoms. The first-order chi connectivity index (χ1) is 4.91. The minimum absolute atomic E-state index is 1.62. The van der Waals surface area contributed by atoms with Gasteiger partial charge in [-0.2, -0.15) is 0 Å². The second-order valence-corrected chi connectivity index (χ2v) is 2.18. The van der Waals surface area contributed by atoms with E-state index >= 15 is 0 Å². The van der Waals surface area contributed by atoms with Crippen LogP contribution in [0.5, 0.6) is 0 Å². The van der Waals surface area contributed by atoms with Crippen LogP contribution in [0.2, 0.25) is 0 Å². The molecule has 0 aliphatic carbocycles. The van der Waals surface area contributed by atoms with Crippen LogP contribution in [0.4, 0.5) is 0 Å². The van der Waals surface area contributed by atoms with Crippen LogP contribution in [-0.4, -0.2) is 52.6 Å². The average molecular weight is 234 g/mol. The van der Waals surface area contributed by atoms with Crippen LogP contribution < -0.4 is 0 Å². The van der Waals surface area contributed by atoms with Crippen molar-refractivity contribution < 1.29 is 4.65 Å². The Labute approximate surface area is 79.5 Å². The fraction of sp³-hybridized carbons (Fsp3) is 1.00. The van der Waals surface area contributed by atoms with Crippen molar-refractivity contribution in [2.24, 2.45) is 0 Å². The van der Waals surface area contributed by atoms with Crippen LogP contribution in [-0.2, 0) is 4.65 Å². The third-order valence-electron chi connectivity index (χ3n) is 0.732. The molecule has 0 amide bonds. The Hall–Kier alpha value is 0.985. The fourth-order valence-electron chi connectivity index (χ4n) is 0.358. The van der Waals surface area contributed by atoms with Crippen LogP contribution in [0, 0.1) is 0 Å². The zero-order valence-corrected chi connectivity index (χ0v) is 7.99. The molecule has 0 spiro atoms. The standard InChI is InChI=1S/CH3B7IO/c1-10-8-6-4-2-3-5-7-9/h1H3. The van der Waals surface area contributed by atoms with Crippen molar-refractivity contribution in [1.29, 1.82) is 0 Å². The minimum atomic E-state index is 1.62. The maximum absolute atomic E-state index is 4.68. The van der Waals surface area contributed by atoms with Crippen LogP contribution in [0.15, 0.2) is 0 Å². The third kappa shape index (κ3) is 8.98. The summed E-state index contributed by atoms with van der Waals surface area (Å²) in [7, 11) is 3.25. The number of rotatable bonds is 4. The fourth-order valence-corrected chi connectivity index (χ4v) is 0.598. The van der Waals surface area contributed by atoms with Crippen molar-refractivity contribution in [3.63, 3.8) is 0 Å². The maximum atomic E-state index is 4.68. The van der Waals surface area contributed by atoms with E-state index in [0.29, 0.717) is 0 Å². The van der Waals surface area contributed by atoms with E-state index in [0.717, 1.165) is 0 Å². The topological polar surface area (TPSA) is 9.23 Å². The second-order valence-electron chi connectivity index (χ2n) is 1.46. The second kappa shape index (κ2) is 9.98. The molecule has 0 aromatic heterocycles. The molecule has 1 nitrogen and oxygen atoms in total. The average Bonchev–Trinajstić information content (AvgIpc) is 1.97. The summed E-state index contributed by atoms with van der Waals surface area (Å²) in [5, 5.41) is 1.95. The summed E-state index contributed by atoms with van der Waals surface area (Å²) in [4.78, 5) is 0. The van der Waals surface area contributed by atoms with E-state index in [1.54, 1.807) is 14.1 Å². The molecule has 0 aliphatic rings. The summed E-state index contributed by atoms with van der Waals surface area (Å²) < 4.78 is 4.68. The monoisotopic (exact) mass is 235 g/mol. The normalized spacial score (nSPS) is 7.00. The van der Waals surface area contributed by atoms with Crippen molar-refractivity contribution in [3.05, 3.63) is 0 Å². The molecule has 0 saturated heterocycles. The van der Waals surface area contributed by atoms with Crippen molar-refractivity contribution in [2.45, 2.75) is 0 Å². The van der Waals surface area contributed by atoms with Crippen molar-refractivity contribution in [1.82, 2.24) is 0 Å². The summed E-state index contributed by atoms with van der Waals surface area (Å²) in [6.45, 7) is 9.58. The Morgan fingerprint density at radius 3 is 2.20 bits per heavy atom. The predicted molar refractivity (Wildman–Crippen MR) is 61.3 cm³/mol. The van der Waals surface area contributed by atoms with E-state index in [-0.39, 0.29) is 0 Å². The van der Waals surface area contributed by atoms with Gasteiger partial charge in [0.1, 0.15) is 0 Å². The molecule has 0 aliphatic heterocycles. The zero-order valence-electron chi connectivity index (χ0n) is 5.83. The van der Waals surface area contributed by atoms with Gasteiger partial charge in [-0.25, -0.2) is 0 Å². The molecule has 1 radical (unpaired) electrons. The Bertz CT molecular complexity index is 125. The van der Waals surface area contributed by atoms with E-state index in [4.69, 9.17) is 0 Å². The summed E-state index contributed by atoms with van der Waals surface area (Å²) >= 11 is 2.17. The quantitative estimate of drug-likeness (QED) is 0.416. The summed E-state index contributed by atoms with van der Waals surface area (Å²) in [6, 6.07) is 0. The molecule has 0 aromatic carbocycles. The Morgan fingerprint density at radius 1 is 1.00 bits per heavy atom. The van der Waals surface area contributed by atoms with Crippen LogP contribution in [0.1, 0.15) is 0 Å². The Kier molecular flexibility index (Phi) is 11.0. The summed E-state index contributed by atoms with van der Waals surface area (Å²) in [5.74, 6) is 0. The number of hydrogen-bond acceptors (Lipinski definition) is 1. The van der Waals surface area contributed by atoms with Gasteiger partial charge in [-0.3, -0.25) is 0 Å².